The molecule has 0 radical (unpaired) electrons. The summed E-state index contributed by atoms with van der Waals surface area (Å²) < 4.78 is 18.3. The van der Waals surface area contributed by atoms with Gasteiger partial charge in [0.25, 0.3) is 0 Å². The van der Waals surface area contributed by atoms with E-state index < -0.39 is 13.9 Å². The summed E-state index contributed by atoms with van der Waals surface area (Å²) in [5.41, 5.74) is 0.307. The van der Waals surface area contributed by atoms with E-state index in [2.05, 4.69) is 47.1 Å². The molecule has 0 aliphatic carbocycles. The van der Waals surface area contributed by atoms with Crippen LogP contribution in [0.15, 0.2) is 40.1 Å². The smallest absolute Gasteiger partial charge is 0.410 e. The van der Waals surface area contributed by atoms with E-state index in [-0.39, 0.29) is 12.2 Å². The van der Waals surface area contributed by atoms with Crippen molar-refractivity contribution in [3.8, 4) is 5.75 Å². The molecular weight excluding hydrogens is 452 g/mol. The van der Waals surface area contributed by atoms with Gasteiger partial charge in [-0.25, -0.2) is 9.79 Å². The topological polar surface area (TPSA) is 60.4 Å². The van der Waals surface area contributed by atoms with Gasteiger partial charge in [-0.3, -0.25) is 0 Å². The average molecular weight is 483 g/mol. The maximum Gasteiger partial charge on any atom is 0.410 e. The first kappa shape index (κ1) is 23.5. The van der Waals surface area contributed by atoms with Crippen molar-refractivity contribution < 1.29 is 18.7 Å². The highest BCUT2D eigenvalue weighted by Crippen LogP contribution is 2.26. The number of hydrogen-bond acceptors (Lipinski definition) is 5. The summed E-state index contributed by atoms with van der Waals surface area (Å²) in [4.78, 5) is 18.3. The number of carbonyl (C=O) groups excluding carboxylic acids is 1. The Bertz CT molecular complexity index is 784. The van der Waals surface area contributed by atoms with Crippen LogP contribution in [0.2, 0.25) is 19.6 Å². The Morgan fingerprint density at radius 1 is 1.34 bits per heavy atom. The molecule has 1 unspecified atom stereocenters. The van der Waals surface area contributed by atoms with E-state index in [1.54, 1.807) is 11.1 Å². The first-order valence-corrected chi connectivity index (χ1v) is 13.9. The molecule has 1 aromatic rings. The summed E-state index contributed by atoms with van der Waals surface area (Å²) in [7, 11) is -1.75. The first-order valence-electron chi connectivity index (χ1n) is 9.68. The Labute approximate surface area is 183 Å². The van der Waals surface area contributed by atoms with Crippen LogP contribution in [0, 0.1) is 0 Å². The fraction of sp³-hybridized carbons (Fsp3) is 0.524. The third-order valence-corrected chi connectivity index (χ3v) is 5.18. The molecule has 1 aliphatic rings. The summed E-state index contributed by atoms with van der Waals surface area (Å²) in [5.74, 6) is 1.10. The molecule has 160 valence electrons. The molecule has 6 nitrogen and oxygen atoms in total. The predicted octanol–water partition coefficient (Wildman–Crippen LogP) is 5.58. The molecule has 1 fully saturated rings. The molecule has 1 heterocycles. The van der Waals surface area contributed by atoms with E-state index in [9.17, 15) is 4.79 Å². The zero-order valence-corrected chi connectivity index (χ0v) is 20.7. The van der Waals surface area contributed by atoms with E-state index in [4.69, 9.17) is 13.9 Å². The zero-order valence-electron chi connectivity index (χ0n) is 18.1. The first-order chi connectivity index (χ1) is 13.3. The van der Waals surface area contributed by atoms with E-state index in [0.717, 1.165) is 16.5 Å². The van der Waals surface area contributed by atoms with E-state index in [1.807, 2.05) is 39.0 Å². The van der Waals surface area contributed by atoms with Gasteiger partial charge in [-0.05, 0) is 65.2 Å². The minimum Gasteiger partial charge on any atom is -0.532 e. The van der Waals surface area contributed by atoms with E-state index in [0.29, 0.717) is 24.7 Å². The Balaban J connectivity index is 2.05. The number of halogens is 1. The highest BCUT2D eigenvalue weighted by Gasteiger charge is 2.31. The number of carbonyl (C=O) groups is 1. The number of nitrogens with zero attached hydrogens (tertiary/aromatic N) is 2. The Morgan fingerprint density at radius 2 is 2.03 bits per heavy atom. The maximum atomic E-state index is 12.3. The Kier molecular flexibility index (Phi) is 7.56. The Morgan fingerprint density at radius 3 is 2.66 bits per heavy atom. The number of aliphatic imine (C=N–C) groups is 1. The van der Waals surface area contributed by atoms with Gasteiger partial charge in [0, 0.05) is 29.2 Å². The van der Waals surface area contributed by atoms with Crippen molar-refractivity contribution in [2.45, 2.75) is 58.5 Å². The molecule has 29 heavy (non-hydrogen) atoms. The number of amides is 1. The van der Waals surface area contributed by atoms with Gasteiger partial charge in [-0.15, -0.1) is 0 Å². The summed E-state index contributed by atoms with van der Waals surface area (Å²) in [6.45, 7) is 16.8. The number of ether oxygens (including phenoxy) is 2. The van der Waals surface area contributed by atoms with Crippen LogP contribution in [0.3, 0.4) is 0 Å². The fourth-order valence-electron chi connectivity index (χ4n) is 2.75. The quantitative estimate of drug-likeness (QED) is 0.301. The number of benzene rings is 1. The summed E-state index contributed by atoms with van der Waals surface area (Å²) in [5, 5.41) is 0. The molecule has 1 atom stereocenters. The van der Waals surface area contributed by atoms with Gasteiger partial charge >= 0.3 is 6.09 Å². The van der Waals surface area contributed by atoms with Crippen molar-refractivity contribution in [2.75, 3.05) is 13.1 Å². The molecule has 8 heteroatoms. The molecule has 1 saturated heterocycles. The number of likely N-dealkylation sites (tertiary alicyclic amines) is 1. The lowest BCUT2D eigenvalue weighted by Crippen LogP contribution is -2.36. The third kappa shape index (κ3) is 8.22. The van der Waals surface area contributed by atoms with Gasteiger partial charge in [0.05, 0.1) is 6.54 Å². The monoisotopic (exact) mass is 482 g/mol. The van der Waals surface area contributed by atoms with Crippen molar-refractivity contribution in [2.24, 2.45) is 4.99 Å². The second-order valence-corrected chi connectivity index (χ2v) is 14.3. The lowest BCUT2D eigenvalue weighted by Gasteiger charge is -2.24. The third-order valence-electron chi connectivity index (χ3n) is 3.83. The molecule has 0 aromatic heterocycles. The second kappa shape index (κ2) is 9.34. The molecule has 0 bridgehead atoms. The molecule has 0 N–H and O–H groups in total. The van der Waals surface area contributed by atoms with Crippen LogP contribution in [0.4, 0.5) is 4.79 Å². The van der Waals surface area contributed by atoms with Crippen molar-refractivity contribution >= 4 is 36.6 Å². The lowest BCUT2D eigenvalue weighted by molar-refractivity contribution is 0.0275. The van der Waals surface area contributed by atoms with Gasteiger partial charge < -0.3 is 18.8 Å². The van der Waals surface area contributed by atoms with Gasteiger partial charge in [-0.2, -0.15) is 0 Å². The summed E-state index contributed by atoms with van der Waals surface area (Å²) in [6.07, 6.45) is 2.04. The zero-order chi connectivity index (χ0) is 21.8. The van der Waals surface area contributed by atoms with Crippen molar-refractivity contribution in [3.05, 3.63) is 40.7 Å². The lowest BCUT2D eigenvalue weighted by atomic mass is 10.2. The van der Waals surface area contributed by atoms with E-state index >= 15 is 0 Å². The molecule has 1 aromatic carbocycles. The van der Waals surface area contributed by atoms with Crippen LogP contribution in [0.5, 0.6) is 5.75 Å². The molecule has 0 saturated carbocycles. The second-order valence-electron chi connectivity index (χ2n) is 9.00. The highest BCUT2D eigenvalue weighted by atomic mass is 79.9. The number of rotatable bonds is 6. The molecular formula is C21H31BrN2O4Si. The molecule has 1 amide bonds. The van der Waals surface area contributed by atoms with Crippen LogP contribution in [0.25, 0.3) is 0 Å². The van der Waals surface area contributed by atoms with Crippen LogP contribution < -0.4 is 4.74 Å². The van der Waals surface area contributed by atoms with Crippen LogP contribution in [-0.2, 0) is 9.16 Å². The van der Waals surface area contributed by atoms with Gasteiger partial charge in [-0.1, -0.05) is 15.9 Å². The van der Waals surface area contributed by atoms with Gasteiger partial charge in [0.2, 0.25) is 8.32 Å². The van der Waals surface area contributed by atoms with Crippen molar-refractivity contribution in [1.82, 2.24) is 4.90 Å². The van der Waals surface area contributed by atoms with Crippen molar-refractivity contribution in [1.29, 1.82) is 0 Å². The largest absolute Gasteiger partial charge is 0.532 e. The van der Waals surface area contributed by atoms with E-state index in [1.165, 1.54) is 0 Å². The summed E-state index contributed by atoms with van der Waals surface area (Å²) in [6, 6.07) is 5.74. The molecule has 2 rings (SSSR count). The SMILES string of the molecule is C=C(/N=C/c1cc(Br)ccc1OC1CCN(C(=O)OC(C)(C)C)C1)O[Si](C)(C)C. The minimum atomic E-state index is -1.75. The standard InChI is InChI=1S/C21H31BrN2O4Si/c1-15(28-29(5,6)7)23-13-16-12-17(22)8-9-19(16)26-18-10-11-24(14-18)20(25)27-21(2,3)4/h8-9,12-13,18H,1,10-11,14H2,2-7H3/b23-13+. The van der Waals surface area contributed by atoms with Gasteiger partial charge in [0.15, 0.2) is 5.88 Å². The minimum absolute atomic E-state index is 0.0997. The number of hydrogen-bond donors (Lipinski definition) is 0. The molecule has 1 aliphatic heterocycles. The normalized spacial score (nSPS) is 17.5. The Hall–Kier alpha value is -1.80. The van der Waals surface area contributed by atoms with Crippen molar-refractivity contribution in [3.63, 3.8) is 0 Å². The van der Waals surface area contributed by atoms with Crippen LogP contribution >= 0.6 is 15.9 Å². The fourth-order valence-corrected chi connectivity index (χ4v) is 3.88. The predicted molar refractivity (Wildman–Crippen MR) is 122 cm³/mol. The van der Waals surface area contributed by atoms with Gasteiger partial charge in [0.1, 0.15) is 17.5 Å². The van der Waals surface area contributed by atoms with Crippen LogP contribution in [-0.4, -0.2) is 50.3 Å². The highest BCUT2D eigenvalue weighted by molar-refractivity contribution is 9.10. The maximum absolute atomic E-state index is 12.3. The van der Waals surface area contributed by atoms with Crippen LogP contribution in [0.1, 0.15) is 32.8 Å². The summed E-state index contributed by atoms with van der Waals surface area (Å²) >= 11 is 3.49. The molecule has 0 spiro atoms. The average Bonchev–Trinajstić information content (AvgIpc) is 3.00.